The number of carbonyl (C=O) groups is 1. The third-order valence-corrected chi connectivity index (χ3v) is 4.65. The third kappa shape index (κ3) is 4.68. The molecule has 5 heteroatoms. The van der Waals surface area contributed by atoms with Crippen LogP contribution in [0.15, 0.2) is 42.7 Å². The fraction of sp³-hybridized carbons (Fsp3) is 0.474. The predicted octanol–water partition coefficient (Wildman–Crippen LogP) is 2.39. The Morgan fingerprint density at radius 1 is 1.38 bits per heavy atom. The van der Waals surface area contributed by atoms with Gasteiger partial charge in [0.1, 0.15) is 0 Å². The lowest BCUT2D eigenvalue weighted by Gasteiger charge is -2.29. The zero-order valence-corrected chi connectivity index (χ0v) is 14.3. The highest BCUT2D eigenvalue weighted by Crippen LogP contribution is 2.17. The number of piperidine rings is 1. The van der Waals surface area contributed by atoms with E-state index < -0.39 is 0 Å². The van der Waals surface area contributed by atoms with Gasteiger partial charge in [0.05, 0.1) is 6.54 Å². The molecule has 1 fully saturated rings. The molecule has 2 heterocycles. The Morgan fingerprint density at radius 2 is 2.29 bits per heavy atom. The maximum atomic E-state index is 12.4. The number of hydrogen-bond donors (Lipinski definition) is 1. The minimum atomic E-state index is 0.0153. The summed E-state index contributed by atoms with van der Waals surface area (Å²) in [6, 6.07) is 9.68. The molecule has 0 saturated carbocycles. The van der Waals surface area contributed by atoms with Crippen LogP contribution in [0.5, 0.6) is 0 Å². The lowest BCUT2D eigenvalue weighted by Crippen LogP contribution is -2.34. The van der Waals surface area contributed by atoms with E-state index in [0.717, 1.165) is 30.6 Å². The van der Waals surface area contributed by atoms with E-state index in [-0.39, 0.29) is 5.91 Å². The highest BCUT2D eigenvalue weighted by molar-refractivity contribution is 5.94. The summed E-state index contributed by atoms with van der Waals surface area (Å²) < 4.78 is 1.86. The van der Waals surface area contributed by atoms with Crippen LogP contribution in [0.1, 0.15) is 35.2 Å². The van der Waals surface area contributed by atoms with Crippen LogP contribution in [0.2, 0.25) is 0 Å². The van der Waals surface area contributed by atoms with Crippen molar-refractivity contribution in [2.24, 2.45) is 5.92 Å². The lowest BCUT2D eigenvalue weighted by molar-refractivity contribution is 0.0948. The number of nitrogens with zero attached hydrogens (tertiary/aromatic N) is 3. The van der Waals surface area contributed by atoms with Gasteiger partial charge in [-0.05, 0) is 62.5 Å². The van der Waals surface area contributed by atoms with Gasteiger partial charge in [-0.25, -0.2) is 0 Å². The van der Waals surface area contributed by atoms with Gasteiger partial charge in [-0.1, -0.05) is 12.1 Å². The van der Waals surface area contributed by atoms with Crippen LogP contribution in [0.25, 0.3) is 0 Å². The van der Waals surface area contributed by atoms with E-state index >= 15 is 0 Å². The van der Waals surface area contributed by atoms with Crippen molar-refractivity contribution < 1.29 is 4.79 Å². The number of amides is 1. The molecular formula is C19H26N4O. The summed E-state index contributed by atoms with van der Waals surface area (Å²) in [5.74, 6) is 0.719. The van der Waals surface area contributed by atoms with Crippen molar-refractivity contribution in [1.82, 2.24) is 20.0 Å². The fourth-order valence-corrected chi connectivity index (χ4v) is 3.39. The second kappa shape index (κ2) is 8.11. The van der Waals surface area contributed by atoms with Crippen molar-refractivity contribution in [2.75, 3.05) is 26.7 Å². The molecule has 1 saturated heterocycles. The van der Waals surface area contributed by atoms with Gasteiger partial charge >= 0.3 is 0 Å². The summed E-state index contributed by atoms with van der Waals surface area (Å²) in [6.45, 7) is 3.78. The van der Waals surface area contributed by atoms with Gasteiger partial charge in [0.2, 0.25) is 0 Å². The van der Waals surface area contributed by atoms with Gasteiger partial charge in [-0.15, -0.1) is 0 Å². The van der Waals surface area contributed by atoms with Gasteiger partial charge in [0.15, 0.2) is 0 Å². The van der Waals surface area contributed by atoms with Crippen molar-refractivity contribution in [3.05, 3.63) is 53.9 Å². The van der Waals surface area contributed by atoms with Gasteiger partial charge in [0, 0.05) is 31.0 Å². The zero-order chi connectivity index (χ0) is 16.8. The van der Waals surface area contributed by atoms with Crippen LogP contribution in [0, 0.1) is 5.92 Å². The number of likely N-dealkylation sites (tertiary alicyclic amines) is 1. The smallest absolute Gasteiger partial charge is 0.251 e. The molecule has 1 aromatic carbocycles. The minimum absolute atomic E-state index is 0.0153. The minimum Gasteiger partial charge on any atom is -0.352 e. The molecular weight excluding hydrogens is 300 g/mol. The second-order valence-electron chi connectivity index (χ2n) is 6.72. The Labute approximate surface area is 143 Å². The molecule has 5 nitrogen and oxygen atoms in total. The number of rotatable bonds is 6. The molecule has 1 aliphatic heterocycles. The summed E-state index contributed by atoms with van der Waals surface area (Å²) in [5.41, 5.74) is 1.81. The Balaban J connectivity index is 1.49. The first-order chi connectivity index (χ1) is 11.7. The standard InChI is InChI=1S/C19H26N4O/c1-22-11-3-6-16(14-22)8-10-20-19(24)18-7-2-5-17(13-18)15-23-12-4-9-21-23/h2,4-5,7,9,12-13,16H,3,6,8,10-11,14-15H2,1H3,(H,20,24). The van der Waals surface area contributed by atoms with E-state index in [0.29, 0.717) is 12.5 Å². The van der Waals surface area contributed by atoms with E-state index in [1.807, 2.05) is 41.2 Å². The molecule has 0 spiro atoms. The largest absolute Gasteiger partial charge is 0.352 e. The first-order valence-corrected chi connectivity index (χ1v) is 8.74. The maximum absolute atomic E-state index is 12.4. The van der Waals surface area contributed by atoms with Gasteiger partial charge in [-0.3, -0.25) is 9.48 Å². The van der Waals surface area contributed by atoms with Crippen molar-refractivity contribution >= 4 is 5.91 Å². The average Bonchev–Trinajstić information content (AvgIpc) is 3.08. The topological polar surface area (TPSA) is 50.2 Å². The van der Waals surface area contributed by atoms with E-state index in [1.165, 1.54) is 19.4 Å². The molecule has 1 amide bonds. The Bertz CT molecular complexity index is 653. The Morgan fingerprint density at radius 3 is 3.08 bits per heavy atom. The normalized spacial score (nSPS) is 18.5. The van der Waals surface area contributed by atoms with E-state index in [1.54, 1.807) is 6.20 Å². The lowest BCUT2D eigenvalue weighted by atomic mass is 9.95. The van der Waals surface area contributed by atoms with Gasteiger partial charge in [-0.2, -0.15) is 5.10 Å². The first-order valence-electron chi connectivity index (χ1n) is 8.74. The molecule has 0 bridgehead atoms. The average molecular weight is 326 g/mol. The second-order valence-corrected chi connectivity index (χ2v) is 6.72. The van der Waals surface area contributed by atoms with Crippen LogP contribution in [-0.2, 0) is 6.54 Å². The molecule has 2 aromatic rings. The number of carbonyl (C=O) groups excluding carboxylic acids is 1. The molecule has 0 radical (unpaired) electrons. The van der Waals surface area contributed by atoms with Crippen molar-refractivity contribution in [3.8, 4) is 0 Å². The summed E-state index contributed by atoms with van der Waals surface area (Å²) in [4.78, 5) is 14.7. The highest BCUT2D eigenvalue weighted by Gasteiger charge is 2.17. The molecule has 1 N–H and O–H groups in total. The molecule has 1 atom stereocenters. The van der Waals surface area contributed by atoms with Crippen LogP contribution in [0.4, 0.5) is 0 Å². The van der Waals surface area contributed by atoms with Gasteiger partial charge in [0.25, 0.3) is 5.91 Å². The summed E-state index contributed by atoms with van der Waals surface area (Å²) in [7, 11) is 2.18. The summed E-state index contributed by atoms with van der Waals surface area (Å²) >= 11 is 0. The van der Waals surface area contributed by atoms with Crippen molar-refractivity contribution in [3.63, 3.8) is 0 Å². The fourth-order valence-electron chi connectivity index (χ4n) is 3.39. The van der Waals surface area contributed by atoms with Crippen LogP contribution < -0.4 is 5.32 Å². The Hall–Kier alpha value is -2.14. The van der Waals surface area contributed by atoms with Crippen LogP contribution in [0.3, 0.4) is 0 Å². The monoisotopic (exact) mass is 326 g/mol. The maximum Gasteiger partial charge on any atom is 0.251 e. The predicted molar refractivity (Wildman–Crippen MR) is 94.9 cm³/mol. The molecule has 24 heavy (non-hydrogen) atoms. The van der Waals surface area contributed by atoms with Crippen LogP contribution in [-0.4, -0.2) is 47.3 Å². The van der Waals surface area contributed by atoms with Gasteiger partial charge < -0.3 is 10.2 Å². The molecule has 1 unspecified atom stereocenters. The number of aromatic nitrogens is 2. The molecule has 1 aromatic heterocycles. The number of hydrogen-bond acceptors (Lipinski definition) is 3. The zero-order valence-electron chi connectivity index (χ0n) is 14.3. The quantitative estimate of drug-likeness (QED) is 0.887. The van der Waals surface area contributed by atoms with E-state index in [2.05, 4.69) is 22.4 Å². The van der Waals surface area contributed by atoms with E-state index in [4.69, 9.17) is 0 Å². The summed E-state index contributed by atoms with van der Waals surface area (Å²) in [5, 5.41) is 7.27. The molecule has 128 valence electrons. The highest BCUT2D eigenvalue weighted by atomic mass is 16.1. The van der Waals surface area contributed by atoms with Crippen LogP contribution >= 0.6 is 0 Å². The van der Waals surface area contributed by atoms with E-state index in [9.17, 15) is 4.79 Å². The van der Waals surface area contributed by atoms with Crippen molar-refractivity contribution in [2.45, 2.75) is 25.8 Å². The number of benzene rings is 1. The molecule has 3 rings (SSSR count). The summed E-state index contributed by atoms with van der Waals surface area (Å²) in [6.07, 6.45) is 7.29. The first kappa shape index (κ1) is 16.7. The Kier molecular flexibility index (Phi) is 5.64. The molecule has 0 aliphatic carbocycles. The van der Waals surface area contributed by atoms with Crippen molar-refractivity contribution in [1.29, 1.82) is 0 Å². The third-order valence-electron chi connectivity index (χ3n) is 4.65. The SMILES string of the molecule is CN1CCCC(CCNC(=O)c2cccc(Cn3cccn3)c2)C1. The molecule has 1 aliphatic rings. The number of nitrogens with one attached hydrogen (secondary N) is 1.